The second-order valence-corrected chi connectivity index (χ2v) is 12.2. The molecule has 4 nitrogen and oxygen atoms in total. The minimum atomic E-state index is -0.481. The number of hydrogen-bond acceptors (Lipinski definition) is 4. The normalized spacial score (nSPS) is 19.3. The zero-order chi connectivity index (χ0) is 29.1. The van der Waals surface area contributed by atoms with Crippen LogP contribution in [-0.4, -0.2) is 38.6 Å². The number of epoxide rings is 2. The van der Waals surface area contributed by atoms with Gasteiger partial charge < -0.3 is 18.9 Å². The molecular weight excluding hydrogens is 544 g/mol. The summed E-state index contributed by atoms with van der Waals surface area (Å²) in [5.74, 6) is 1.76. The second-order valence-electron chi connectivity index (χ2n) is 12.2. The predicted octanol–water partition coefficient (Wildman–Crippen LogP) is 7.84. The predicted molar refractivity (Wildman–Crippen MR) is 173 cm³/mol. The first kappa shape index (κ1) is 25.8. The summed E-state index contributed by atoms with van der Waals surface area (Å²) in [5, 5.41) is 4.72. The fourth-order valence-corrected chi connectivity index (χ4v) is 7.02. The maximum atomic E-state index is 6.01. The van der Waals surface area contributed by atoms with Gasteiger partial charge in [-0.2, -0.15) is 0 Å². The largest absolute Gasteiger partial charge is 0.491 e. The Hall–Kier alpha value is -4.64. The summed E-state index contributed by atoms with van der Waals surface area (Å²) in [6.07, 6.45) is 1.39. The van der Waals surface area contributed by atoms with Crippen LogP contribution in [0.25, 0.3) is 21.5 Å². The minimum absolute atomic E-state index is 0.234. The maximum Gasteiger partial charge on any atom is 0.120 e. The first-order chi connectivity index (χ1) is 21.7. The van der Waals surface area contributed by atoms with E-state index >= 15 is 0 Å². The molecular formula is C40H32O4. The third-order valence-electron chi connectivity index (χ3n) is 9.39. The molecule has 9 rings (SSSR count). The van der Waals surface area contributed by atoms with Crippen molar-refractivity contribution in [2.45, 2.75) is 24.0 Å². The molecule has 0 saturated carbocycles. The van der Waals surface area contributed by atoms with Crippen molar-refractivity contribution in [2.75, 3.05) is 26.4 Å². The van der Waals surface area contributed by atoms with E-state index < -0.39 is 5.41 Å². The Labute approximate surface area is 256 Å². The summed E-state index contributed by atoms with van der Waals surface area (Å²) in [5.41, 5.74) is 7.44. The fraction of sp³-hybridized carbons (Fsp3) is 0.200. The molecule has 0 spiro atoms. The van der Waals surface area contributed by atoms with E-state index in [4.69, 9.17) is 18.9 Å². The van der Waals surface area contributed by atoms with Gasteiger partial charge in [-0.3, -0.25) is 0 Å². The van der Waals surface area contributed by atoms with Crippen LogP contribution in [0.3, 0.4) is 0 Å². The van der Waals surface area contributed by atoms with Gasteiger partial charge in [0.25, 0.3) is 0 Å². The highest BCUT2D eigenvalue weighted by Gasteiger charge is 2.43. The number of hydrogen-bond donors (Lipinski definition) is 0. The van der Waals surface area contributed by atoms with Crippen molar-refractivity contribution >= 4 is 21.5 Å². The molecule has 2 unspecified atom stereocenters. The molecule has 2 fully saturated rings. The van der Waals surface area contributed by atoms with Gasteiger partial charge in [0.1, 0.15) is 36.9 Å². The van der Waals surface area contributed by atoms with Crippen LogP contribution < -0.4 is 9.47 Å². The molecule has 2 aliphatic heterocycles. The third kappa shape index (κ3) is 4.45. The lowest BCUT2D eigenvalue weighted by Gasteiger charge is -2.42. The van der Waals surface area contributed by atoms with Crippen LogP contribution in [0.4, 0.5) is 0 Å². The molecule has 2 saturated heterocycles. The highest BCUT2D eigenvalue weighted by atomic mass is 16.6. The second kappa shape index (κ2) is 10.2. The molecule has 0 radical (unpaired) electrons. The fourth-order valence-electron chi connectivity index (χ4n) is 7.02. The third-order valence-corrected chi connectivity index (χ3v) is 9.39. The molecule has 0 amide bonds. The van der Waals surface area contributed by atoms with Gasteiger partial charge in [0, 0.05) is 0 Å². The highest BCUT2D eigenvalue weighted by Crippen LogP contribution is 2.51. The maximum absolute atomic E-state index is 6.01. The molecule has 216 valence electrons. The van der Waals surface area contributed by atoms with Gasteiger partial charge in [-0.1, -0.05) is 84.9 Å². The van der Waals surface area contributed by atoms with E-state index in [0.29, 0.717) is 13.2 Å². The lowest BCUT2D eigenvalue weighted by Crippen LogP contribution is -2.36. The summed E-state index contributed by atoms with van der Waals surface area (Å²) in [7, 11) is 0. The Balaban J connectivity index is 1.23. The highest BCUT2D eigenvalue weighted by molar-refractivity contribution is 5.88. The lowest BCUT2D eigenvalue weighted by atomic mass is 9.59. The van der Waals surface area contributed by atoms with Crippen molar-refractivity contribution in [3.05, 3.63) is 155 Å². The standard InChI is InChI=1S/C40H32O4/c1-3-7-38-30(5-1)17-31-6-2-4-8-39(31)40(38,32-13-9-28-20-34(15-11-26(28)18-32)41-22-36-24-43-36)33-14-10-29-21-35(16-12-27(29)19-33)42-23-37-25-44-37/h1-16,18-21,36-37H,17,22-25H2. The van der Waals surface area contributed by atoms with E-state index in [1.165, 1.54) is 44.2 Å². The molecule has 6 aromatic carbocycles. The Bertz CT molecular complexity index is 1890. The molecule has 1 aliphatic carbocycles. The summed E-state index contributed by atoms with van der Waals surface area (Å²) in [6.45, 7) is 2.79. The molecule has 3 aliphatic rings. The van der Waals surface area contributed by atoms with E-state index in [9.17, 15) is 0 Å². The van der Waals surface area contributed by atoms with E-state index in [2.05, 4.69) is 121 Å². The average molecular weight is 577 g/mol. The van der Waals surface area contributed by atoms with Crippen LogP contribution in [-0.2, 0) is 21.3 Å². The average Bonchev–Trinajstić information content (AvgIpc) is 4.01. The first-order valence-corrected chi connectivity index (χ1v) is 15.5. The number of benzene rings is 6. The van der Waals surface area contributed by atoms with E-state index in [1.54, 1.807) is 0 Å². The molecule has 0 N–H and O–H groups in total. The Morgan fingerprint density at radius 3 is 1.43 bits per heavy atom. The van der Waals surface area contributed by atoms with Gasteiger partial charge in [-0.05, 0) is 97.7 Å². The van der Waals surface area contributed by atoms with E-state index in [0.717, 1.165) is 41.9 Å². The van der Waals surface area contributed by atoms with Gasteiger partial charge in [0.15, 0.2) is 0 Å². The molecule has 2 atom stereocenters. The quantitative estimate of drug-likeness (QED) is 0.173. The summed E-state index contributed by atoms with van der Waals surface area (Å²) < 4.78 is 22.7. The van der Waals surface area contributed by atoms with Crippen LogP contribution in [0.5, 0.6) is 11.5 Å². The van der Waals surface area contributed by atoms with Crippen molar-refractivity contribution < 1.29 is 18.9 Å². The van der Waals surface area contributed by atoms with Gasteiger partial charge in [0.2, 0.25) is 0 Å². The van der Waals surface area contributed by atoms with Crippen LogP contribution in [0.2, 0.25) is 0 Å². The van der Waals surface area contributed by atoms with Crippen molar-refractivity contribution in [3.8, 4) is 11.5 Å². The van der Waals surface area contributed by atoms with Crippen LogP contribution in [0.15, 0.2) is 121 Å². The van der Waals surface area contributed by atoms with Crippen molar-refractivity contribution in [3.63, 3.8) is 0 Å². The zero-order valence-corrected chi connectivity index (χ0v) is 24.4. The first-order valence-electron chi connectivity index (χ1n) is 15.5. The molecule has 44 heavy (non-hydrogen) atoms. The van der Waals surface area contributed by atoms with Crippen LogP contribution in [0, 0.1) is 0 Å². The Morgan fingerprint density at radius 2 is 0.955 bits per heavy atom. The SMILES string of the molecule is c1ccc2c(c1)Cc1ccccc1C2(c1ccc2cc(OCC3CO3)ccc2c1)c1ccc2cc(OCC3CO3)ccc2c1. The minimum Gasteiger partial charge on any atom is -0.491 e. The monoisotopic (exact) mass is 576 g/mol. The number of fused-ring (bicyclic) bond motifs is 4. The molecule has 2 heterocycles. The molecule has 0 bridgehead atoms. The molecule has 0 aromatic heterocycles. The smallest absolute Gasteiger partial charge is 0.120 e. The molecule has 4 heteroatoms. The summed E-state index contributed by atoms with van der Waals surface area (Å²) in [4.78, 5) is 0. The number of rotatable bonds is 8. The Morgan fingerprint density at radius 1 is 0.523 bits per heavy atom. The topological polar surface area (TPSA) is 43.5 Å². The van der Waals surface area contributed by atoms with Gasteiger partial charge >= 0.3 is 0 Å². The van der Waals surface area contributed by atoms with Gasteiger partial charge in [0.05, 0.1) is 18.6 Å². The van der Waals surface area contributed by atoms with Crippen LogP contribution in [0.1, 0.15) is 33.4 Å². The van der Waals surface area contributed by atoms with Crippen molar-refractivity contribution in [1.29, 1.82) is 0 Å². The van der Waals surface area contributed by atoms with Crippen molar-refractivity contribution in [2.24, 2.45) is 0 Å². The summed E-state index contributed by atoms with van der Waals surface area (Å²) >= 11 is 0. The Kier molecular flexibility index (Phi) is 6.00. The van der Waals surface area contributed by atoms with Gasteiger partial charge in [-0.25, -0.2) is 0 Å². The van der Waals surface area contributed by atoms with Crippen LogP contribution >= 0.6 is 0 Å². The van der Waals surface area contributed by atoms with E-state index in [1.807, 2.05) is 0 Å². The summed E-state index contributed by atoms with van der Waals surface area (Å²) in [6, 6.07) is 44.6. The number of ether oxygens (including phenoxy) is 4. The van der Waals surface area contributed by atoms with E-state index in [-0.39, 0.29) is 12.2 Å². The van der Waals surface area contributed by atoms with Gasteiger partial charge in [-0.15, -0.1) is 0 Å². The zero-order valence-electron chi connectivity index (χ0n) is 24.4. The lowest BCUT2D eigenvalue weighted by molar-refractivity contribution is 0.263. The van der Waals surface area contributed by atoms with Crippen molar-refractivity contribution in [1.82, 2.24) is 0 Å². The molecule has 6 aromatic rings.